The third-order valence-electron chi connectivity index (χ3n) is 6.50. The van der Waals surface area contributed by atoms with Crippen molar-refractivity contribution in [3.8, 4) is 0 Å². The van der Waals surface area contributed by atoms with Crippen molar-refractivity contribution < 1.29 is 4.79 Å². The largest absolute Gasteiger partial charge is 0.302 e. The van der Waals surface area contributed by atoms with Crippen molar-refractivity contribution in [1.82, 2.24) is 14.5 Å². The summed E-state index contributed by atoms with van der Waals surface area (Å²) in [5.41, 5.74) is 2.74. The lowest BCUT2D eigenvalue weighted by Gasteiger charge is -2.26. The monoisotopic (exact) mass is 487 g/mol. The van der Waals surface area contributed by atoms with Crippen LogP contribution in [-0.2, 0) is 18.7 Å². The van der Waals surface area contributed by atoms with Gasteiger partial charge < -0.3 is 4.90 Å². The highest BCUT2D eigenvalue weighted by molar-refractivity contribution is 8.13. The molecule has 0 N–H and O–H groups in total. The van der Waals surface area contributed by atoms with Gasteiger partial charge in [-0.2, -0.15) is 0 Å². The normalized spacial score (nSPS) is 17.6. The second kappa shape index (κ2) is 9.29. The summed E-state index contributed by atoms with van der Waals surface area (Å²) in [6.07, 6.45) is 6.47. The summed E-state index contributed by atoms with van der Waals surface area (Å²) in [5, 5.41) is 0.579. The van der Waals surface area contributed by atoms with Crippen molar-refractivity contribution >= 4 is 50.0 Å². The number of benzene rings is 1. The molecule has 1 fully saturated rings. The predicted molar refractivity (Wildman–Crippen MR) is 133 cm³/mol. The van der Waals surface area contributed by atoms with Gasteiger partial charge in [-0.05, 0) is 50.6 Å². The van der Waals surface area contributed by atoms with Gasteiger partial charge in [-0.3, -0.25) is 14.2 Å². The molecule has 0 bridgehead atoms. The molecule has 1 aliphatic heterocycles. The van der Waals surface area contributed by atoms with E-state index in [1.165, 1.54) is 28.6 Å². The SMILES string of the molecule is CN1CCc2sc3c(=O)n(C4CCCCC4)c(CSC(=O)c4ccc(Cl)cc4)nc3c2C1. The molecule has 0 atom stereocenters. The van der Waals surface area contributed by atoms with Crippen LogP contribution in [0.4, 0.5) is 0 Å². The lowest BCUT2D eigenvalue weighted by molar-refractivity contribution is 0.108. The molecule has 2 aliphatic rings. The van der Waals surface area contributed by atoms with Crippen LogP contribution in [0.2, 0.25) is 5.02 Å². The molecule has 168 valence electrons. The number of carbonyl (C=O) groups excluding carboxylic acids is 1. The lowest BCUT2D eigenvalue weighted by atomic mass is 9.95. The van der Waals surface area contributed by atoms with E-state index >= 15 is 0 Å². The zero-order valence-corrected chi connectivity index (χ0v) is 20.5. The fourth-order valence-electron chi connectivity index (χ4n) is 4.80. The third-order valence-corrected chi connectivity index (χ3v) is 8.92. The van der Waals surface area contributed by atoms with Crippen LogP contribution in [0.3, 0.4) is 0 Å². The highest BCUT2D eigenvalue weighted by Gasteiger charge is 2.27. The van der Waals surface area contributed by atoms with Gasteiger partial charge in [0.05, 0.1) is 11.3 Å². The number of fused-ring (bicyclic) bond motifs is 3. The number of thioether (sulfide) groups is 1. The molecule has 0 radical (unpaired) electrons. The molecule has 0 unspecified atom stereocenters. The first-order chi connectivity index (χ1) is 15.5. The second-order valence-corrected chi connectivity index (χ2v) is 11.2. The van der Waals surface area contributed by atoms with Crippen molar-refractivity contribution in [2.45, 2.75) is 56.9 Å². The standard InChI is InChI=1S/C24H26ClN3O2S2/c1-27-12-11-19-18(13-27)21-22(32-19)23(29)28(17-5-3-2-4-6-17)20(26-21)14-31-24(30)15-7-9-16(25)10-8-15/h7-10,17H,2-6,11-14H2,1H3. The number of hydrogen-bond donors (Lipinski definition) is 0. The van der Waals surface area contributed by atoms with E-state index in [0.29, 0.717) is 16.3 Å². The van der Waals surface area contributed by atoms with E-state index in [2.05, 4.69) is 11.9 Å². The summed E-state index contributed by atoms with van der Waals surface area (Å²) >= 11 is 8.80. The molecule has 0 saturated heterocycles. The van der Waals surface area contributed by atoms with Crippen LogP contribution in [0.5, 0.6) is 0 Å². The molecule has 1 saturated carbocycles. The zero-order chi connectivity index (χ0) is 22.2. The Kier molecular flexibility index (Phi) is 6.43. The quantitative estimate of drug-likeness (QED) is 0.474. The van der Waals surface area contributed by atoms with Crippen LogP contribution in [0.1, 0.15) is 64.8 Å². The molecule has 5 rings (SSSR count). The maximum Gasteiger partial charge on any atom is 0.271 e. The van der Waals surface area contributed by atoms with Crippen molar-refractivity contribution in [3.63, 3.8) is 0 Å². The fourth-order valence-corrected chi connectivity index (χ4v) is 6.87. The number of halogens is 1. The van der Waals surface area contributed by atoms with E-state index in [1.54, 1.807) is 35.6 Å². The number of thiophene rings is 1. The van der Waals surface area contributed by atoms with Crippen molar-refractivity contribution in [2.24, 2.45) is 0 Å². The van der Waals surface area contributed by atoms with Crippen LogP contribution >= 0.6 is 34.7 Å². The molecular formula is C24H26ClN3O2S2. The van der Waals surface area contributed by atoms with Crippen molar-refractivity contribution in [1.29, 1.82) is 0 Å². The number of rotatable bonds is 4. The summed E-state index contributed by atoms with van der Waals surface area (Å²) in [4.78, 5) is 35.1. The Morgan fingerprint density at radius 1 is 1.22 bits per heavy atom. The number of carbonyl (C=O) groups is 1. The molecule has 1 aromatic carbocycles. The van der Waals surface area contributed by atoms with E-state index in [1.807, 2.05) is 4.57 Å². The molecule has 0 spiro atoms. The lowest BCUT2D eigenvalue weighted by Crippen LogP contribution is -2.30. The fraction of sp³-hybridized carbons (Fsp3) is 0.458. The van der Waals surface area contributed by atoms with Gasteiger partial charge in [-0.25, -0.2) is 4.98 Å². The van der Waals surface area contributed by atoms with E-state index in [4.69, 9.17) is 16.6 Å². The average molecular weight is 488 g/mol. The van der Waals surface area contributed by atoms with Gasteiger partial charge in [0.1, 0.15) is 10.5 Å². The van der Waals surface area contributed by atoms with Gasteiger partial charge in [0.2, 0.25) is 5.12 Å². The topological polar surface area (TPSA) is 55.2 Å². The van der Waals surface area contributed by atoms with E-state index in [9.17, 15) is 9.59 Å². The molecule has 8 heteroatoms. The Labute approximate surface area is 200 Å². The van der Waals surface area contributed by atoms with Crippen molar-refractivity contribution in [3.05, 3.63) is 61.5 Å². The highest BCUT2D eigenvalue weighted by Crippen LogP contribution is 2.35. The van der Waals surface area contributed by atoms with Crippen LogP contribution in [-0.4, -0.2) is 33.2 Å². The molecule has 2 aromatic heterocycles. The summed E-state index contributed by atoms with van der Waals surface area (Å²) < 4.78 is 2.71. The number of nitrogens with zero attached hydrogens (tertiary/aromatic N) is 3. The minimum atomic E-state index is -0.0294. The third kappa shape index (κ3) is 4.28. The van der Waals surface area contributed by atoms with Crippen LogP contribution < -0.4 is 5.56 Å². The van der Waals surface area contributed by atoms with Gasteiger partial charge in [0.15, 0.2) is 0 Å². The molecule has 3 heterocycles. The Hall–Kier alpha value is -1.67. The average Bonchev–Trinajstić information content (AvgIpc) is 3.17. The summed E-state index contributed by atoms with van der Waals surface area (Å²) in [6.45, 7) is 1.83. The molecule has 0 amide bonds. The van der Waals surface area contributed by atoms with Gasteiger partial charge >= 0.3 is 0 Å². The van der Waals surface area contributed by atoms with Gasteiger partial charge in [-0.15, -0.1) is 11.3 Å². The minimum Gasteiger partial charge on any atom is -0.302 e. The second-order valence-electron chi connectivity index (χ2n) is 8.75. The number of aromatic nitrogens is 2. The van der Waals surface area contributed by atoms with E-state index < -0.39 is 0 Å². The summed E-state index contributed by atoms with van der Waals surface area (Å²) in [5.74, 6) is 1.12. The zero-order valence-electron chi connectivity index (χ0n) is 18.1. The van der Waals surface area contributed by atoms with Gasteiger partial charge in [0, 0.05) is 40.2 Å². The van der Waals surface area contributed by atoms with Crippen molar-refractivity contribution in [2.75, 3.05) is 13.6 Å². The molecule has 32 heavy (non-hydrogen) atoms. The smallest absolute Gasteiger partial charge is 0.271 e. The first kappa shape index (κ1) is 22.1. The molecular weight excluding hydrogens is 462 g/mol. The highest BCUT2D eigenvalue weighted by atomic mass is 35.5. The molecule has 1 aliphatic carbocycles. The van der Waals surface area contributed by atoms with E-state index in [0.717, 1.165) is 61.2 Å². The molecule has 5 nitrogen and oxygen atoms in total. The number of likely N-dealkylation sites (N-methyl/N-ethyl adjacent to an activating group) is 1. The molecule has 3 aromatic rings. The Bertz CT molecular complexity index is 1210. The van der Waals surface area contributed by atoms with Crippen LogP contribution in [0.15, 0.2) is 29.1 Å². The first-order valence-electron chi connectivity index (χ1n) is 11.2. The Morgan fingerprint density at radius 2 is 1.97 bits per heavy atom. The Morgan fingerprint density at radius 3 is 2.72 bits per heavy atom. The van der Waals surface area contributed by atoms with Crippen LogP contribution in [0.25, 0.3) is 10.2 Å². The Balaban J connectivity index is 1.54. The summed E-state index contributed by atoms with van der Waals surface area (Å²) in [7, 11) is 2.11. The van der Waals surface area contributed by atoms with E-state index in [-0.39, 0.29) is 16.7 Å². The summed E-state index contributed by atoms with van der Waals surface area (Å²) in [6, 6.07) is 7.12. The maximum absolute atomic E-state index is 13.7. The first-order valence-corrected chi connectivity index (χ1v) is 13.4. The van der Waals surface area contributed by atoms with Crippen LogP contribution in [0, 0.1) is 0 Å². The van der Waals surface area contributed by atoms with Gasteiger partial charge in [0.25, 0.3) is 5.56 Å². The van der Waals surface area contributed by atoms with Gasteiger partial charge in [-0.1, -0.05) is 42.6 Å². The maximum atomic E-state index is 13.7. The predicted octanol–water partition coefficient (Wildman–Crippen LogP) is 5.68. The minimum absolute atomic E-state index is 0.0294. The number of hydrogen-bond acceptors (Lipinski definition) is 6.